The van der Waals surface area contributed by atoms with Gasteiger partial charge in [0.15, 0.2) is 0 Å². The molecule has 1 heterocycles. The lowest BCUT2D eigenvalue weighted by Crippen LogP contribution is -1.98. The Labute approximate surface area is 112 Å². The van der Waals surface area contributed by atoms with Crippen molar-refractivity contribution in [1.29, 1.82) is 0 Å². The summed E-state index contributed by atoms with van der Waals surface area (Å²) in [6, 6.07) is 7.64. The van der Waals surface area contributed by atoms with Crippen LogP contribution in [0, 0.1) is 6.92 Å². The second kappa shape index (κ2) is 5.75. The van der Waals surface area contributed by atoms with Crippen LogP contribution in [-0.4, -0.2) is 22.0 Å². The molecule has 2 aromatic rings. The van der Waals surface area contributed by atoms with Crippen LogP contribution in [-0.2, 0) is 20.3 Å². The van der Waals surface area contributed by atoms with Crippen LogP contribution >= 0.6 is 0 Å². The summed E-state index contributed by atoms with van der Waals surface area (Å²) in [4.78, 5) is 0. The molecule has 0 unspecified atom stereocenters. The van der Waals surface area contributed by atoms with Gasteiger partial charge in [-0.3, -0.25) is 4.68 Å². The lowest BCUT2D eigenvalue weighted by atomic mass is 10.2. The first-order chi connectivity index (χ1) is 9.15. The van der Waals surface area contributed by atoms with E-state index < -0.39 is 0 Å². The number of ether oxygens (including phenoxy) is 2. The van der Waals surface area contributed by atoms with Gasteiger partial charge < -0.3 is 14.6 Å². The molecule has 0 aliphatic rings. The summed E-state index contributed by atoms with van der Waals surface area (Å²) >= 11 is 0. The van der Waals surface area contributed by atoms with Crippen molar-refractivity contribution in [3.05, 3.63) is 41.1 Å². The Morgan fingerprint density at radius 2 is 1.95 bits per heavy atom. The summed E-state index contributed by atoms with van der Waals surface area (Å²) < 4.78 is 12.5. The van der Waals surface area contributed by atoms with E-state index in [1.165, 1.54) is 0 Å². The minimum absolute atomic E-state index is 0.0718. The van der Waals surface area contributed by atoms with Crippen molar-refractivity contribution >= 4 is 0 Å². The highest BCUT2D eigenvalue weighted by molar-refractivity contribution is 5.31. The summed E-state index contributed by atoms with van der Waals surface area (Å²) in [7, 11) is 3.46. The fourth-order valence-corrected chi connectivity index (χ4v) is 1.79. The topological polar surface area (TPSA) is 56.5 Å². The van der Waals surface area contributed by atoms with Crippen LogP contribution in [0.3, 0.4) is 0 Å². The van der Waals surface area contributed by atoms with Crippen LogP contribution in [0.25, 0.3) is 0 Å². The van der Waals surface area contributed by atoms with E-state index in [1.54, 1.807) is 11.8 Å². The Hall–Kier alpha value is -2.01. The largest absolute Gasteiger partial charge is 0.497 e. The van der Waals surface area contributed by atoms with Crippen molar-refractivity contribution in [3.8, 4) is 11.6 Å². The molecule has 0 saturated carbocycles. The zero-order valence-corrected chi connectivity index (χ0v) is 11.4. The Bertz CT molecular complexity index is 547. The van der Waals surface area contributed by atoms with Gasteiger partial charge in [-0.25, -0.2) is 0 Å². The average molecular weight is 262 g/mol. The highest BCUT2D eigenvalue weighted by Crippen LogP contribution is 2.21. The maximum Gasteiger partial charge on any atom is 0.238 e. The van der Waals surface area contributed by atoms with Crippen LogP contribution in [0.1, 0.15) is 16.8 Å². The quantitative estimate of drug-likeness (QED) is 0.892. The molecule has 0 saturated heterocycles. The number of methoxy groups -OCH3 is 1. The monoisotopic (exact) mass is 262 g/mol. The zero-order valence-electron chi connectivity index (χ0n) is 11.4. The number of rotatable bonds is 5. The molecule has 1 aromatic carbocycles. The Balaban J connectivity index is 2.07. The van der Waals surface area contributed by atoms with E-state index in [0.717, 1.165) is 22.6 Å². The number of aryl methyl sites for hydroxylation is 1. The van der Waals surface area contributed by atoms with E-state index in [9.17, 15) is 5.11 Å². The fraction of sp³-hybridized carbons (Fsp3) is 0.357. The fourth-order valence-electron chi connectivity index (χ4n) is 1.79. The van der Waals surface area contributed by atoms with Gasteiger partial charge in [0.1, 0.15) is 12.4 Å². The Morgan fingerprint density at radius 1 is 1.26 bits per heavy atom. The summed E-state index contributed by atoms with van der Waals surface area (Å²) in [6.45, 7) is 2.24. The van der Waals surface area contributed by atoms with E-state index in [-0.39, 0.29) is 6.61 Å². The molecule has 0 aliphatic heterocycles. The van der Waals surface area contributed by atoms with Crippen molar-refractivity contribution < 1.29 is 14.6 Å². The molecule has 0 atom stereocenters. The van der Waals surface area contributed by atoms with Crippen molar-refractivity contribution in [2.24, 2.45) is 7.05 Å². The molecule has 0 radical (unpaired) electrons. The summed E-state index contributed by atoms with van der Waals surface area (Å²) in [6.07, 6.45) is 0. The molecular weight excluding hydrogens is 244 g/mol. The first-order valence-corrected chi connectivity index (χ1v) is 6.04. The van der Waals surface area contributed by atoms with Gasteiger partial charge in [-0.2, -0.15) is 0 Å². The number of benzene rings is 1. The third kappa shape index (κ3) is 2.88. The van der Waals surface area contributed by atoms with Crippen LogP contribution in [0.5, 0.6) is 11.6 Å². The van der Waals surface area contributed by atoms with Crippen molar-refractivity contribution in [2.75, 3.05) is 7.11 Å². The van der Waals surface area contributed by atoms with Crippen LogP contribution in [0.4, 0.5) is 0 Å². The number of hydrogen-bond donors (Lipinski definition) is 1. The molecule has 1 N–H and O–H groups in total. The summed E-state index contributed by atoms with van der Waals surface area (Å²) in [5, 5.41) is 13.6. The smallest absolute Gasteiger partial charge is 0.238 e. The highest BCUT2D eigenvalue weighted by atomic mass is 16.5. The lowest BCUT2D eigenvalue weighted by molar-refractivity contribution is 0.254. The standard InChI is InChI=1S/C14H18N2O3/c1-10-13(8-17)14(15-16(10)2)19-9-11-4-6-12(18-3)7-5-11/h4-7,17H,8-9H2,1-3H3. The van der Waals surface area contributed by atoms with E-state index in [2.05, 4.69) is 5.10 Å². The van der Waals surface area contributed by atoms with Gasteiger partial charge >= 0.3 is 0 Å². The summed E-state index contributed by atoms with van der Waals surface area (Å²) in [5.74, 6) is 1.30. The second-order valence-corrected chi connectivity index (χ2v) is 4.29. The molecule has 102 valence electrons. The molecule has 2 rings (SSSR count). The van der Waals surface area contributed by atoms with Gasteiger partial charge in [-0.1, -0.05) is 12.1 Å². The lowest BCUT2D eigenvalue weighted by Gasteiger charge is -2.06. The molecule has 0 aliphatic carbocycles. The first kappa shape index (κ1) is 13.4. The van der Waals surface area contributed by atoms with Crippen molar-refractivity contribution in [2.45, 2.75) is 20.1 Å². The van der Waals surface area contributed by atoms with Gasteiger partial charge in [0, 0.05) is 12.7 Å². The predicted octanol–water partition coefficient (Wildman–Crippen LogP) is 1.81. The van der Waals surface area contributed by atoms with Crippen LogP contribution in [0.2, 0.25) is 0 Å². The maximum atomic E-state index is 9.33. The van der Waals surface area contributed by atoms with E-state index in [1.807, 2.05) is 38.2 Å². The third-order valence-corrected chi connectivity index (χ3v) is 3.11. The third-order valence-electron chi connectivity index (χ3n) is 3.11. The van der Waals surface area contributed by atoms with Gasteiger partial charge in [0.25, 0.3) is 0 Å². The van der Waals surface area contributed by atoms with E-state index in [4.69, 9.17) is 9.47 Å². The van der Waals surface area contributed by atoms with Gasteiger partial charge in [-0.05, 0) is 24.6 Å². The number of nitrogens with zero attached hydrogens (tertiary/aromatic N) is 2. The number of aliphatic hydroxyl groups excluding tert-OH is 1. The van der Waals surface area contributed by atoms with Crippen molar-refractivity contribution in [1.82, 2.24) is 9.78 Å². The Kier molecular flexibility index (Phi) is 4.06. The molecule has 1 aromatic heterocycles. The molecule has 0 fully saturated rings. The minimum atomic E-state index is -0.0718. The number of aromatic nitrogens is 2. The molecular formula is C14H18N2O3. The molecule has 0 amide bonds. The normalized spacial score (nSPS) is 10.5. The van der Waals surface area contributed by atoms with Gasteiger partial charge in [0.2, 0.25) is 5.88 Å². The molecule has 0 bridgehead atoms. The molecule has 19 heavy (non-hydrogen) atoms. The molecule has 5 nitrogen and oxygen atoms in total. The summed E-state index contributed by atoms with van der Waals surface area (Å²) in [5.41, 5.74) is 2.66. The average Bonchev–Trinajstić information content (AvgIpc) is 2.72. The second-order valence-electron chi connectivity index (χ2n) is 4.29. The van der Waals surface area contributed by atoms with E-state index in [0.29, 0.717) is 12.5 Å². The Morgan fingerprint density at radius 3 is 2.53 bits per heavy atom. The SMILES string of the molecule is COc1ccc(COc2nn(C)c(C)c2CO)cc1. The van der Waals surface area contributed by atoms with Gasteiger partial charge in [-0.15, -0.1) is 5.10 Å². The highest BCUT2D eigenvalue weighted by Gasteiger charge is 2.13. The molecule has 0 spiro atoms. The van der Waals surface area contributed by atoms with Crippen molar-refractivity contribution in [3.63, 3.8) is 0 Å². The predicted molar refractivity (Wildman–Crippen MR) is 71.2 cm³/mol. The molecule has 5 heteroatoms. The first-order valence-electron chi connectivity index (χ1n) is 6.04. The van der Waals surface area contributed by atoms with Crippen LogP contribution in [0.15, 0.2) is 24.3 Å². The van der Waals surface area contributed by atoms with Gasteiger partial charge in [0.05, 0.1) is 19.3 Å². The number of aliphatic hydroxyl groups is 1. The number of hydrogen-bond acceptors (Lipinski definition) is 4. The maximum absolute atomic E-state index is 9.33. The zero-order chi connectivity index (χ0) is 13.8. The van der Waals surface area contributed by atoms with Crippen LogP contribution < -0.4 is 9.47 Å². The van der Waals surface area contributed by atoms with E-state index >= 15 is 0 Å². The minimum Gasteiger partial charge on any atom is -0.497 e.